The Morgan fingerprint density at radius 1 is 1.30 bits per heavy atom. The Hall–Kier alpha value is -1.53. The smallest absolute Gasteiger partial charge is 0.191 e. The van der Waals surface area contributed by atoms with Crippen LogP contribution in [0.5, 0.6) is 0 Å². The molecule has 0 unspecified atom stereocenters. The van der Waals surface area contributed by atoms with Crippen molar-refractivity contribution in [3.05, 3.63) is 24.2 Å². The van der Waals surface area contributed by atoms with E-state index in [-0.39, 0.29) is 6.61 Å². The summed E-state index contributed by atoms with van der Waals surface area (Å²) in [6, 6.07) is 4.40. The normalized spacial score (nSPS) is 16.5. The van der Waals surface area contributed by atoms with Crippen molar-refractivity contribution >= 4 is 5.96 Å². The molecule has 23 heavy (non-hydrogen) atoms. The van der Waals surface area contributed by atoms with Gasteiger partial charge in [0.25, 0.3) is 0 Å². The molecule has 0 spiro atoms. The molecule has 1 saturated carbocycles. The molecule has 1 fully saturated rings. The second kappa shape index (κ2) is 11.1. The Labute approximate surface area is 138 Å². The minimum atomic E-state index is 0.0539. The lowest BCUT2D eigenvalue weighted by Crippen LogP contribution is -2.45. The maximum Gasteiger partial charge on any atom is 0.191 e. The molecule has 1 heterocycles. The van der Waals surface area contributed by atoms with Crippen LogP contribution in [0, 0.1) is 0 Å². The highest BCUT2D eigenvalue weighted by Crippen LogP contribution is 2.17. The SMILES string of the molecule is OCCOCCN=C(NCCc1ccco1)NC1CCCCC1. The van der Waals surface area contributed by atoms with Gasteiger partial charge in [0, 0.05) is 19.0 Å². The number of furan rings is 1. The minimum Gasteiger partial charge on any atom is -0.469 e. The van der Waals surface area contributed by atoms with E-state index in [1.165, 1.54) is 32.1 Å². The molecule has 130 valence electrons. The molecule has 6 heteroatoms. The summed E-state index contributed by atoms with van der Waals surface area (Å²) in [5.41, 5.74) is 0. The van der Waals surface area contributed by atoms with E-state index >= 15 is 0 Å². The molecular weight excluding hydrogens is 294 g/mol. The van der Waals surface area contributed by atoms with E-state index in [2.05, 4.69) is 15.6 Å². The highest BCUT2D eigenvalue weighted by atomic mass is 16.5. The molecule has 0 saturated heterocycles. The van der Waals surface area contributed by atoms with Crippen LogP contribution < -0.4 is 10.6 Å². The molecule has 6 nitrogen and oxygen atoms in total. The molecule has 2 rings (SSSR count). The lowest BCUT2D eigenvalue weighted by Gasteiger charge is -2.25. The van der Waals surface area contributed by atoms with Gasteiger partial charge in [-0.15, -0.1) is 0 Å². The maximum atomic E-state index is 8.70. The van der Waals surface area contributed by atoms with Gasteiger partial charge in [0.05, 0.1) is 32.6 Å². The quantitative estimate of drug-likeness (QED) is 0.366. The molecule has 1 aliphatic rings. The Balaban J connectivity index is 1.75. The molecule has 0 atom stereocenters. The number of aliphatic hydroxyl groups excluding tert-OH is 1. The number of aliphatic imine (C=N–C) groups is 1. The van der Waals surface area contributed by atoms with Crippen molar-refractivity contribution in [1.29, 1.82) is 0 Å². The van der Waals surface area contributed by atoms with Crippen molar-refractivity contribution in [1.82, 2.24) is 10.6 Å². The zero-order valence-corrected chi connectivity index (χ0v) is 13.8. The van der Waals surface area contributed by atoms with Crippen LogP contribution in [0.1, 0.15) is 37.9 Å². The third-order valence-electron chi connectivity index (χ3n) is 3.93. The standard InChI is InChI=1S/C17H29N3O3/c21-11-14-22-13-10-19-17(20-15-5-2-1-3-6-15)18-9-8-16-7-4-12-23-16/h4,7,12,15,21H,1-3,5-6,8-11,13-14H2,(H2,18,19,20). The van der Waals surface area contributed by atoms with E-state index < -0.39 is 0 Å². The molecule has 0 aromatic carbocycles. The predicted octanol–water partition coefficient (Wildman–Crippen LogP) is 1.70. The van der Waals surface area contributed by atoms with Crippen LogP contribution in [0.15, 0.2) is 27.8 Å². The van der Waals surface area contributed by atoms with Gasteiger partial charge < -0.3 is 24.9 Å². The fourth-order valence-corrected chi connectivity index (χ4v) is 2.74. The van der Waals surface area contributed by atoms with E-state index in [1.807, 2.05) is 12.1 Å². The molecular formula is C17H29N3O3. The van der Waals surface area contributed by atoms with E-state index in [4.69, 9.17) is 14.3 Å². The van der Waals surface area contributed by atoms with E-state index in [0.717, 1.165) is 24.7 Å². The van der Waals surface area contributed by atoms with Crippen LogP contribution in [0.25, 0.3) is 0 Å². The highest BCUT2D eigenvalue weighted by Gasteiger charge is 2.14. The number of hydrogen-bond donors (Lipinski definition) is 3. The molecule has 0 bridgehead atoms. The van der Waals surface area contributed by atoms with Gasteiger partial charge in [-0.3, -0.25) is 4.99 Å². The van der Waals surface area contributed by atoms with Crippen LogP contribution in [-0.4, -0.2) is 50.0 Å². The van der Waals surface area contributed by atoms with Gasteiger partial charge in [-0.2, -0.15) is 0 Å². The number of nitrogens with zero attached hydrogens (tertiary/aromatic N) is 1. The van der Waals surface area contributed by atoms with Crippen molar-refractivity contribution in [3.63, 3.8) is 0 Å². The molecule has 1 aromatic heterocycles. The third kappa shape index (κ3) is 7.52. The summed E-state index contributed by atoms with van der Waals surface area (Å²) in [5.74, 6) is 1.82. The van der Waals surface area contributed by atoms with Gasteiger partial charge in [0.1, 0.15) is 5.76 Å². The zero-order valence-electron chi connectivity index (χ0n) is 13.8. The van der Waals surface area contributed by atoms with Crippen LogP contribution in [0.2, 0.25) is 0 Å². The Morgan fingerprint density at radius 3 is 2.91 bits per heavy atom. The van der Waals surface area contributed by atoms with Gasteiger partial charge in [0.15, 0.2) is 5.96 Å². The third-order valence-corrected chi connectivity index (χ3v) is 3.93. The number of rotatable bonds is 9. The molecule has 0 radical (unpaired) electrons. The lowest BCUT2D eigenvalue weighted by molar-refractivity contribution is 0.0977. The summed E-state index contributed by atoms with van der Waals surface area (Å²) < 4.78 is 10.6. The number of ether oxygens (including phenoxy) is 1. The summed E-state index contributed by atoms with van der Waals surface area (Å²) in [6.45, 7) is 2.31. The first-order valence-electron chi connectivity index (χ1n) is 8.64. The van der Waals surface area contributed by atoms with Crippen LogP contribution in [-0.2, 0) is 11.2 Å². The van der Waals surface area contributed by atoms with Crippen LogP contribution in [0.3, 0.4) is 0 Å². The van der Waals surface area contributed by atoms with Crippen molar-refractivity contribution in [2.24, 2.45) is 4.99 Å². The molecule has 0 amide bonds. The summed E-state index contributed by atoms with van der Waals surface area (Å²) in [6.07, 6.45) is 8.86. The van der Waals surface area contributed by atoms with Crippen molar-refractivity contribution in [3.8, 4) is 0 Å². The summed E-state index contributed by atoms with van der Waals surface area (Å²) in [7, 11) is 0. The van der Waals surface area contributed by atoms with Gasteiger partial charge in [-0.05, 0) is 25.0 Å². The molecule has 3 N–H and O–H groups in total. The summed E-state index contributed by atoms with van der Waals surface area (Å²) in [5, 5.41) is 15.6. The van der Waals surface area contributed by atoms with Gasteiger partial charge in [-0.1, -0.05) is 19.3 Å². The minimum absolute atomic E-state index is 0.0539. The van der Waals surface area contributed by atoms with Gasteiger partial charge in [-0.25, -0.2) is 0 Å². The fourth-order valence-electron chi connectivity index (χ4n) is 2.74. The fraction of sp³-hybridized carbons (Fsp3) is 0.706. The van der Waals surface area contributed by atoms with Crippen molar-refractivity contribution in [2.75, 3.05) is 32.9 Å². The first kappa shape index (κ1) is 17.8. The monoisotopic (exact) mass is 323 g/mol. The maximum absolute atomic E-state index is 8.70. The van der Waals surface area contributed by atoms with Crippen LogP contribution >= 0.6 is 0 Å². The second-order valence-electron chi connectivity index (χ2n) is 5.80. The van der Waals surface area contributed by atoms with Gasteiger partial charge in [0.2, 0.25) is 0 Å². The Bertz CT molecular complexity index is 428. The predicted molar refractivity (Wildman–Crippen MR) is 90.6 cm³/mol. The molecule has 1 aliphatic carbocycles. The van der Waals surface area contributed by atoms with Crippen molar-refractivity contribution in [2.45, 2.75) is 44.6 Å². The lowest BCUT2D eigenvalue weighted by atomic mass is 9.96. The largest absolute Gasteiger partial charge is 0.469 e. The van der Waals surface area contributed by atoms with E-state index in [9.17, 15) is 0 Å². The summed E-state index contributed by atoms with van der Waals surface area (Å²) in [4.78, 5) is 4.57. The molecule has 0 aliphatic heterocycles. The first-order valence-corrected chi connectivity index (χ1v) is 8.64. The Morgan fingerprint density at radius 2 is 2.17 bits per heavy atom. The topological polar surface area (TPSA) is 79.0 Å². The number of hydrogen-bond acceptors (Lipinski definition) is 4. The van der Waals surface area contributed by atoms with E-state index in [1.54, 1.807) is 6.26 Å². The van der Waals surface area contributed by atoms with E-state index in [0.29, 0.717) is 25.8 Å². The number of aliphatic hydroxyl groups is 1. The number of nitrogens with one attached hydrogen (secondary N) is 2. The molecule has 1 aromatic rings. The number of guanidine groups is 1. The second-order valence-corrected chi connectivity index (χ2v) is 5.80. The van der Waals surface area contributed by atoms with Crippen molar-refractivity contribution < 1.29 is 14.3 Å². The first-order chi connectivity index (χ1) is 11.4. The average Bonchev–Trinajstić information content (AvgIpc) is 3.09. The Kier molecular flexibility index (Phi) is 8.58. The van der Waals surface area contributed by atoms with Gasteiger partial charge >= 0.3 is 0 Å². The average molecular weight is 323 g/mol. The summed E-state index contributed by atoms with van der Waals surface area (Å²) >= 11 is 0. The van der Waals surface area contributed by atoms with Crippen LogP contribution in [0.4, 0.5) is 0 Å². The zero-order chi connectivity index (χ0) is 16.2. The highest BCUT2D eigenvalue weighted by molar-refractivity contribution is 5.80.